The molecule has 6 rings (SSSR count). The number of sulfonamides is 1. The number of hydrogen-bond donors (Lipinski definition) is 1. The molecule has 1 saturated heterocycles. The van der Waals surface area contributed by atoms with Crippen LogP contribution in [0.25, 0.3) is 0 Å². The average molecular weight is 644 g/mol. The third-order valence-corrected chi connectivity index (χ3v) is 11.9. The highest BCUT2D eigenvalue weighted by atomic mass is 32.2. The fourth-order valence-corrected chi connectivity index (χ4v) is 7.88. The minimum Gasteiger partial charge on any atom is -0.454 e. The van der Waals surface area contributed by atoms with Gasteiger partial charge in [0.1, 0.15) is 6.10 Å². The van der Waals surface area contributed by atoms with Gasteiger partial charge in [-0.2, -0.15) is 0 Å². The molecule has 0 aromatic heterocycles. The number of nitrogens with zero attached hydrogens (tertiary/aromatic N) is 2. The van der Waals surface area contributed by atoms with Crippen molar-refractivity contribution >= 4 is 33.7 Å². The number of benzene rings is 1. The molecule has 1 aromatic rings. The zero-order valence-corrected chi connectivity index (χ0v) is 27.0. The number of nitrogens with one attached hydrogen (secondary N) is 1. The quantitative estimate of drug-likeness (QED) is 0.400. The third-order valence-electron chi connectivity index (χ3n) is 10.1. The molecule has 3 heterocycles. The lowest BCUT2D eigenvalue weighted by atomic mass is 9.81. The Morgan fingerprint density at radius 2 is 1.76 bits per heavy atom. The first-order chi connectivity index (χ1) is 21.1. The van der Waals surface area contributed by atoms with Gasteiger partial charge in [-0.15, -0.1) is 6.58 Å². The Kier molecular flexibility index (Phi) is 7.69. The molecule has 244 valence electrons. The van der Waals surface area contributed by atoms with Crippen LogP contribution in [0.5, 0.6) is 11.5 Å². The van der Waals surface area contributed by atoms with Gasteiger partial charge in [0.05, 0.1) is 23.3 Å². The first-order valence-corrected chi connectivity index (χ1v) is 17.1. The number of carbonyl (C=O) groups is 4. The molecule has 0 bridgehead atoms. The summed E-state index contributed by atoms with van der Waals surface area (Å²) < 4.78 is 44.1. The van der Waals surface area contributed by atoms with E-state index < -0.39 is 56.2 Å². The monoisotopic (exact) mass is 643 g/mol. The minimum atomic E-state index is -3.81. The Bertz CT molecular complexity index is 1530. The Balaban J connectivity index is 1.17. The van der Waals surface area contributed by atoms with Crippen LogP contribution in [0.4, 0.5) is 4.79 Å². The zero-order chi connectivity index (χ0) is 32.5. The predicted molar refractivity (Wildman–Crippen MR) is 161 cm³/mol. The molecule has 1 unspecified atom stereocenters. The van der Waals surface area contributed by atoms with Crippen LogP contribution in [0.15, 0.2) is 24.8 Å². The van der Waals surface area contributed by atoms with Gasteiger partial charge in [0, 0.05) is 31.8 Å². The molecular formula is C32H41N3O9S. The maximum atomic E-state index is 14.0. The zero-order valence-electron chi connectivity index (χ0n) is 26.2. The molecule has 45 heavy (non-hydrogen) atoms. The van der Waals surface area contributed by atoms with Gasteiger partial charge in [-0.1, -0.05) is 33.8 Å². The predicted octanol–water partition coefficient (Wildman–Crippen LogP) is 3.28. The number of likely N-dealkylation sites (tertiary alicyclic amines) is 1. The summed E-state index contributed by atoms with van der Waals surface area (Å²) in [6.07, 6.45) is 1.40. The highest BCUT2D eigenvalue weighted by Gasteiger charge is 2.61. The summed E-state index contributed by atoms with van der Waals surface area (Å²) in [5.74, 6) is -0.849. The van der Waals surface area contributed by atoms with Crippen molar-refractivity contribution in [2.24, 2.45) is 22.7 Å². The van der Waals surface area contributed by atoms with Crippen LogP contribution in [0.1, 0.15) is 70.9 Å². The largest absolute Gasteiger partial charge is 0.454 e. The van der Waals surface area contributed by atoms with Crippen LogP contribution in [-0.2, 0) is 42.2 Å². The molecule has 0 radical (unpaired) electrons. The maximum absolute atomic E-state index is 14.0. The number of amides is 3. The van der Waals surface area contributed by atoms with E-state index in [0.29, 0.717) is 43.9 Å². The van der Waals surface area contributed by atoms with Crippen LogP contribution in [0, 0.1) is 22.7 Å². The highest BCUT2D eigenvalue weighted by Crippen LogP contribution is 2.57. The van der Waals surface area contributed by atoms with Gasteiger partial charge in [0.15, 0.2) is 17.3 Å². The van der Waals surface area contributed by atoms with Gasteiger partial charge in [-0.25, -0.2) is 13.2 Å². The Morgan fingerprint density at radius 1 is 1.13 bits per heavy atom. The Labute approximate surface area is 263 Å². The lowest BCUT2D eigenvalue weighted by Gasteiger charge is -2.33. The van der Waals surface area contributed by atoms with E-state index in [1.807, 2.05) is 39.8 Å². The van der Waals surface area contributed by atoms with Crippen LogP contribution in [-0.4, -0.2) is 72.6 Å². The van der Waals surface area contributed by atoms with Crippen LogP contribution >= 0.6 is 0 Å². The Hall–Kier alpha value is -3.61. The van der Waals surface area contributed by atoms with Gasteiger partial charge in [0.2, 0.25) is 28.6 Å². The number of carbonyl (C=O) groups excluding carboxylic acids is 4. The standard InChI is InChI=1S/C32H41N3O9S/c1-6-21-12-32(21,29(38)33-45(40,41)23-7-8-23)13-25(36)24-11-22(16-35(24)28(37)18(2)31(3,4)5)44-30(39)34-14-19-9-26-27(43-17-42-26)10-20(19)15-34/h6,9-10,18,21-24H,1,7-8,11-17H2,2-5H3,(H,33,38)/t18-,21+,22-,24?,32+/m1/s1. The van der Waals surface area contributed by atoms with Gasteiger partial charge < -0.3 is 19.1 Å². The van der Waals surface area contributed by atoms with Gasteiger partial charge in [-0.05, 0) is 53.9 Å². The van der Waals surface area contributed by atoms with Crippen molar-refractivity contribution < 1.29 is 41.8 Å². The average Bonchev–Trinajstić information content (AvgIpc) is 3.80. The van der Waals surface area contributed by atoms with Crippen LogP contribution in [0.3, 0.4) is 0 Å². The van der Waals surface area contributed by atoms with Gasteiger partial charge in [-0.3, -0.25) is 24.0 Å². The number of fused-ring (bicyclic) bond motifs is 2. The second-order valence-corrected chi connectivity index (χ2v) is 16.1. The van der Waals surface area contributed by atoms with Crippen LogP contribution < -0.4 is 14.2 Å². The van der Waals surface area contributed by atoms with Crippen molar-refractivity contribution in [2.45, 2.75) is 90.3 Å². The Morgan fingerprint density at radius 3 is 2.29 bits per heavy atom. The lowest BCUT2D eigenvalue weighted by molar-refractivity contribution is -0.144. The molecule has 3 amide bonds. The molecule has 12 nitrogen and oxygen atoms in total. The number of Topliss-reactive ketones (excluding diaryl/α,β-unsaturated/α-hetero) is 1. The first-order valence-electron chi connectivity index (χ1n) is 15.5. The molecule has 2 aliphatic carbocycles. The van der Waals surface area contributed by atoms with Crippen molar-refractivity contribution in [3.8, 4) is 11.5 Å². The normalized spacial score (nSPS) is 27.5. The molecule has 13 heteroatoms. The SMILES string of the molecule is C=C[C@H]1C[C@@]1(CC(=O)C1C[C@@H](OC(=O)N2Cc3cc4c(cc3C2)OCO4)CN1C(=O)[C@@H](C)C(C)(C)C)C(=O)NS(=O)(=O)C1CC1. The number of hydrogen-bond acceptors (Lipinski definition) is 9. The molecule has 3 fully saturated rings. The second-order valence-electron chi connectivity index (χ2n) is 14.2. The summed E-state index contributed by atoms with van der Waals surface area (Å²) in [6, 6.07) is 2.79. The topological polar surface area (TPSA) is 149 Å². The number of ether oxygens (including phenoxy) is 3. The van der Waals surface area contributed by atoms with Gasteiger partial charge in [0.25, 0.3) is 0 Å². The molecule has 5 atom stereocenters. The first kappa shape index (κ1) is 31.4. The molecule has 0 spiro atoms. The van der Waals surface area contributed by atoms with Crippen LogP contribution in [0.2, 0.25) is 0 Å². The van der Waals surface area contributed by atoms with E-state index in [2.05, 4.69) is 11.3 Å². The lowest BCUT2D eigenvalue weighted by Crippen LogP contribution is -2.47. The fourth-order valence-electron chi connectivity index (χ4n) is 6.49. The molecule has 2 saturated carbocycles. The van der Waals surface area contributed by atoms with E-state index in [9.17, 15) is 27.6 Å². The maximum Gasteiger partial charge on any atom is 0.410 e. The van der Waals surface area contributed by atoms with Crippen molar-refractivity contribution in [1.82, 2.24) is 14.5 Å². The van der Waals surface area contributed by atoms with E-state index >= 15 is 0 Å². The molecule has 3 aliphatic heterocycles. The molecular weight excluding hydrogens is 602 g/mol. The fraction of sp³-hybridized carbons (Fsp3) is 0.625. The van der Waals surface area contributed by atoms with E-state index in [1.165, 1.54) is 4.90 Å². The minimum absolute atomic E-state index is 0.0400. The number of allylic oxidation sites excluding steroid dienone is 1. The smallest absolute Gasteiger partial charge is 0.410 e. The number of rotatable bonds is 9. The summed E-state index contributed by atoms with van der Waals surface area (Å²) in [5.41, 5.74) is 0.228. The summed E-state index contributed by atoms with van der Waals surface area (Å²) >= 11 is 0. The van der Waals surface area contributed by atoms with E-state index in [4.69, 9.17) is 14.2 Å². The van der Waals surface area contributed by atoms with Crippen molar-refractivity contribution in [3.05, 3.63) is 35.9 Å². The number of ketones is 1. The van der Waals surface area contributed by atoms with E-state index in [-0.39, 0.29) is 43.8 Å². The van der Waals surface area contributed by atoms with Crippen molar-refractivity contribution in [1.29, 1.82) is 0 Å². The summed E-state index contributed by atoms with van der Waals surface area (Å²) in [4.78, 5) is 57.4. The summed E-state index contributed by atoms with van der Waals surface area (Å²) in [6.45, 7) is 12.3. The van der Waals surface area contributed by atoms with E-state index in [0.717, 1.165) is 11.1 Å². The second kappa shape index (κ2) is 11.0. The van der Waals surface area contributed by atoms with Crippen molar-refractivity contribution in [3.63, 3.8) is 0 Å². The molecule has 1 N–H and O–H groups in total. The van der Waals surface area contributed by atoms with Crippen molar-refractivity contribution in [2.75, 3.05) is 13.3 Å². The third kappa shape index (κ3) is 5.91. The summed E-state index contributed by atoms with van der Waals surface area (Å²) in [7, 11) is -3.81. The molecule has 5 aliphatic rings. The highest BCUT2D eigenvalue weighted by molar-refractivity contribution is 7.90. The van der Waals surface area contributed by atoms with E-state index in [1.54, 1.807) is 11.0 Å². The molecule has 1 aromatic carbocycles. The summed E-state index contributed by atoms with van der Waals surface area (Å²) in [5, 5.41) is -0.585. The van der Waals surface area contributed by atoms with Gasteiger partial charge >= 0.3 is 6.09 Å².